The maximum atomic E-state index is 12.0. The maximum Gasteiger partial charge on any atom is 0.410 e. The molecule has 120 valence electrons. The zero-order valence-electron chi connectivity index (χ0n) is 13.6. The molecule has 0 bridgehead atoms. The van der Waals surface area contributed by atoms with Crippen molar-refractivity contribution in [3.63, 3.8) is 0 Å². The molecule has 2 aliphatic heterocycles. The smallest absolute Gasteiger partial charge is 0.410 e. The molecule has 4 nitrogen and oxygen atoms in total. The molecule has 0 N–H and O–H groups in total. The number of hydrogen-bond acceptors (Lipinski definition) is 3. The fraction of sp³-hybridized carbons (Fsp3) is 0.588. The Kier molecular flexibility index (Phi) is 3.67. The second-order valence-corrected chi connectivity index (χ2v) is 8.43. The lowest BCUT2D eigenvalue weighted by atomic mass is 9.72. The van der Waals surface area contributed by atoms with Crippen molar-refractivity contribution in [1.82, 2.24) is 4.90 Å². The Hall–Kier alpha value is -1.23. The fourth-order valence-corrected chi connectivity index (χ4v) is 3.65. The molecule has 2 saturated heterocycles. The number of benzene rings is 1. The number of anilines is 1. The van der Waals surface area contributed by atoms with Gasteiger partial charge in [0.15, 0.2) is 0 Å². The quantitative estimate of drug-likeness (QED) is 0.757. The van der Waals surface area contributed by atoms with Crippen LogP contribution in [0.1, 0.15) is 26.3 Å². The number of ether oxygens (including phenoxy) is 1. The number of carbonyl (C=O) groups is 1. The summed E-state index contributed by atoms with van der Waals surface area (Å²) in [7, 11) is 0. The lowest BCUT2D eigenvalue weighted by Crippen LogP contribution is -2.73. The van der Waals surface area contributed by atoms with E-state index in [0.717, 1.165) is 30.7 Å². The van der Waals surface area contributed by atoms with Crippen molar-refractivity contribution in [2.75, 3.05) is 31.1 Å². The normalized spacial score (nSPS) is 19.7. The number of halogens is 1. The summed E-state index contributed by atoms with van der Waals surface area (Å²) in [5, 5.41) is 0. The molecule has 3 rings (SSSR count). The van der Waals surface area contributed by atoms with Crippen molar-refractivity contribution in [3.8, 4) is 0 Å². The van der Waals surface area contributed by atoms with Crippen LogP contribution < -0.4 is 4.90 Å². The van der Waals surface area contributed by atoms with E-state index < -0.39 is 5.60 Å². The highest BCUT2D eigenvalue weighted by Crippen LogP contribution is 2.43. The Bertz CT molecular complexity index is 595. The Morgan fingerprint density at radius 2 is 1.86 bits per heavy atom. The van der Waals surface area contributed by atoms with Crippen molar-refractivity contribution in [3.05, 3.63) is 28.2 Å². The van der Waals surface area contributed by atoms with Crippen LogP contribution in [-0.2, 0) is 4.74 Å². The average Bonchev–Trinajstić information content (AvgIpc) is 2.28. The van der Waals surface area contributed by atoms with Gasteiger partial charge in [-0.2, -0.15) is 0 Å². The number of hydrogen-bond donors (Lipinski definition) is 0. The molecular weight excluding hydrogens is 344 g/mol. The molecule has 0 unspecified atom stereocenters. The number of rotatable bonds is 1. The van der Waals surface area contributed by atoms with Crippen molar-refractivity contribution in [1.29, 1.82) is 0 Å². The molecular formula is C17H23BrN2O2. The number of nitrogens with zero attached hydrogens (tertiary/aromatic N) is 2. The third-order valence-electron chi connectivity index (χ3n) is 4.34. The molecule has 5 heteroatoms. The molecule has 0 radical (unpaired) electrons. The van der Waals surface area contributed by atoms with Crippen LogP contribution in [0.5, 0.6) is 0 Å². The molecule has 1 spiro atoms. The lowest BCUT2D eigenvalue weighted by molar-refractivity contribution is -0.0453. The van der Waals surface area contributed by atoms with Gasteiger partial charge in [-0.3, -0.25) is 0 Å². The van der Waals surface area contributed by atoms with E-state index in [0.29, 0.717) is 0 Å². The molecule has 2 fully saturated rings. The monoisotopic (exact) mass is 366 g/mol. The summed E-state index contributed by atoms with van der Waals surface area (Å²) >= 11 is 3.59. The van der Waals surface area contributed by atoms with Crippen molar-refractivity contribution in [2.45, 2.75) is 33.3 Å². The van der Waals surface area contributed by atoms with E-state index in [9.17, 15) is 4.79 Å². The van der Waals surface area contributed by atoms with Crippen molar-refractivity contribution in [2.24, 2.45) is 5.41 Å². The zero-order valence-corrected chi connectivity index (χ0v) is 15.2. The zero-order chi connectivity index (χ0) is 16.1. The predicted octanol–water partition coefficient (Wildman–Crippen LogP) is 3.81. The summed E-state index contributed by atoms with van der Waals surface area (Å²) in [6.45, 7) is 11.5. The fourth-order valence-electron chi connectivity index (χ4n) is 3.29. The lowest BCUT2D eigenvalue weighted by Gasteiger charge is -2.60. The SMILES string of the molecule is Cc1c(Br)cccc1N1CC2(CN(C(=O)OC(C)(C)C)C2)C1. The number of amides is 1. The first-order valence-corrected chi connectivity index (χ1v) is 8.46. The van der Waals surface area contributed by atoms with Gasteiger partial charge >= 0.3 is 6.09 Å². The Labute approximate surface area is 140 Å². The first kappa shape index (κ1) is 15.7. The molecule has 2 aliphatic rings. The summed E-state index contributed by atoms with van der Waals surface area (Å²) in [6.07, 6.45) is -0.185. The topological polar surface area (TPSA) is 32.8 Å². The first-order chi connectivity index (χ1) is 10.2. The first-order valence-electron chi connectivity index (χ1n) is 7.67. The van der Waals surface area contributed by atoms with Crippen LogP contribution in [0.3, 0.4) is 0 Å². The minimum atomic E-state index is -0.418. The van der Waals surface area contributed by atoms with Gasteiger partial charge in [-0.15, -0.1) is 0 Å². The molecule has 0 aromatic heterocycles. The van der Waals surface area contributed by atoms with Gasteiger partial charge < -0.3 is 14.5 Å². The van der Waals surface area contributed by atoms with E-state index in [-0.39, 0.29) is 11.5 Å². The Balaban J connectivity index is 1.55. The second kappa shape index (κ2) is 5.15. The van der Waals surface area contributed by atoms with E-state index >= 15 is 0 Å². The van der Waals surface area contributed by atoms with Crippen LogP contribution >= 0.6 is 15.9 Å². The van der Waals surface area contributed by atoms with Gasteiger partial charge in [-0.05, 0) is 45.4 Å². The number of carbonyl (C=O) groups excluding carboxylic acids is 1. The van der Waals surface area contributed by atoms with Crippen molar-refractivity contribution < 1.29 is 9.53 Å². The molecule has 0 saturated carbocycles. The third kappa shape index (κ3) is 2.83. The van der Waals surface area contributed by atoms with Crippen LogP contribution in [0.25, 0.3) is 0 Å². The molecule has 1 aromatic carbocycles. The predicted molar refractivity (Wildman–Crippen MR) is 91.3 cm³/mol. The molecule has 22 heavy (non-hydrogen) atoms. The van der Waals surface area contributed by atoms with Gasteiger partial charge in [-0.1, -0.05) is 22.0 Å². The van der Waals surface area contributed by atoms with Gasteiger partial charge in [0.25, 0.3) is 0 Å². The van der Waals surface area contributed by atoms with E-state index in [2.05, 4.69) is 46.0 Å². The number of likely N-dealkylation sites (tertiary alicyclic amines) is 1. The molecule has 0 atom stereocenters. The van der Waals surface area contributed by atoms with Crippen LogP contribution in [0.4, 0.5) is 10.5 Å². The van der Waals surface area contributed by atoms with Gasteiger partial charge in [0.2, 0.25) is 0 Å². The van der Waals surface area contributed by atoms with Gasteiger partial charge in [0.05, 0.1) is 0 Å². The summed E-state index contributed by atoms with van der Waals surface area (Å²) < 4.78 is 6.57. The minimum absolute atomic E-state index is 0.185. The van der Waals surface area contributed by atoms with E-state index in [1.54, 1.807) is 0 Å². The summed E-state index contributed by atoms with van der Waals surface area (Å²) in [6, 6.07) is 6.31. The molecule has 1 aromatic rings. The van der Waals surface area contributed by atoms with Gasteiger partial charge in [0, 0.05) is 41.8 Å². The van der Waals surface area contributed by atoms with Crippen molar-refractivity contribution >= 4 is 27.7 Å². The highest BCUT2D eigenvalue weighted by atomic mass is 79.9. The Morgan fingerprint density at radius 3 is 2.45 bits per heavy atom. The van der Waals surface area contributed by atoms with E-state index in [1.165, 1.54) is 11.3 Å². The largest absolute Gasteiger partial charge is 0.444 e. The van der Waals surface area contributed by atoms with Gasteiger partial charge in [-0.25, -0.2) is 4.79 Å². The van der Waals surface area contributed by atoms with Crippen LogP contribution in [0, 0.1) is 12.3 Å². The summed E-state index contributed by atoms with van der Waals surface area (Å²) in [5.41, 5.74) is 2.42. The van der Waals surface area contributed by atoms with E-state index in [1.807, 2.05) is 25.7 Å². The third-order valence-corrected chi connectivity index (χ3v) is 5.20. The average molecular weight is 367 g/mol. The maximum absolute atomic E-state index is 12.0. The molecule has 1 amide bonds. The van der Waals surface area contributed by atoms with E-state index in [4.69, 9.17) is 4.74 Å². The second-order valence-electron chi connectivity index (χ2n) is 7.58. The molecule has 0 aliphatic carbocycles. The van der Waals surface area contributed by atoms with Crippen LogP contribution in [-0.4, -0.2) is 42.8 Å². The Morgan fingerprint density at radius 1 is 1.23 bits per heavy atom. The van der Waals surface area contributed by atoms with Gasteiger partial charge in [0.1, 0.15) is 5.60 Å². The highest BCUT2D eigenvalue weighted by molar-refractivity contribution is 9.10. The van der Waals surface area contributed by atoms with Crippen LogP contribution in [0.15, 0.2) is 22.7 Å². The standard InChI is InChI=1S/C17H23BrN2O2/c1-12-13(18)6-5-7-14(12)19-8-17(9-19)10-20(11-17)15(21)22-16(2,3)4/h5-7H,8-11H2,1-4H3. The summed E-state index contributed by atoms with van der Waals surface area (Å²) in [4.78, 5) is 16.2. The molecule has 2 heterocycles. The van der Waals surface area contributed by atoms with Crippen LogP contribution in [0.2, 0.25) is 0 Å². The minimum Gasteiger partial charge on any atom is -0.444 e. The highest BCUT2D eigenvalue weighted by Gasteiger charge is 2.54. The summed E-state index contributed by atoms with van der Waals surface area (Å²) in [5.74, 6) is 0.